The van der Waals surface area contributed by atoms with E-state index in [1.54, 1.807) is 12.1 Å². The minimum absolute atomic E-state index is 0. The Morgan fingerprint density at radius 1 is 0.966 bits per heavy atom. The van der Waals surface area contributed by atoms with Gasteiger partial charge in [-0.3, -0.25) is 4.90 Å². The molecule has 0 spiro atoms. The number of phenols is 1. The van der Waals surface area contributed by atoms with Crippen molar-refractivity contribution in [3.63, 3.8) is 0 Å². The van der Waals surface area contributed by atoms with Crippen molar-refractivity contribution in [2.24, 2.45) is 0 Å². The van der Waals surface area contributed by atoms with Gasteiger partial charge in [-0.2, -0.15) is 0 Å². The highest BCUT2D eigenvalue weighted by atomic mass is 35.5. The van der Waals surface area contributed by atoms with E-state index >= 15 is 0 Å². The van der Waals surface area contributed by atoms with E-state index < -0.39 is 6.36 Å². The van der Waals surface area contributed by atoms with Gasteiger partial charge < -0.3 is 15.2 Å². The highest BCUT2D eigenvalue weighted by molar-refractivity contribution is 5.85. The number of alkyl halides is 3. The topological polar surface area (TPSA) is 44.7 Å². The molecule has 1 aliphatic heterocycles. The molecule has 1 aliphatic rings. The number of aryl methyl sites for hydroxylation is 2. The van der Waals surface area contributed by atoms with Crippen molar-refractivity contribution in [3.05, 3.63) is 58.7 Å². The first-order valence-electron chi connectivity index (χ1n) is 8.85. The van der Waals surface area contributed by atoms with E-state index in [1.807, 2.05) is 26.0 Å². The van der Waals surface area contributed by atoms with Crippen LogP contribution < -0.4 is 10.1 Å². The average Bonchev–Trinajstić information content (AvgIpc) is 2.61. The number of benzene rings is 2. The van der Waals surface area contributed by atoms with Crippen LogP contribution in [0.2, 0.25) is 0 Å². The van der Waals surface area contributed by atoms with Crippen molar-refractivity contribution in [2.75, 3.05) is 26.2 Å². The van der Waals surface area contributed by atoms with Crippen LogP contribution in [0.5, 0.6) is 11.5 Å². The van der Waals surface area contributed by atoms with Gasteiger partial charge in [0.1, 0.15) is 11.5 Å². The van der Waals surface area contributed by atoms with E-state index in [0.717, 1.165) is 48.4 Å². The second-order valence-corrected chi connectivity index (χ2v) is 6.81. The van der Waals surface area contributed by atoms with Crippen molar-refractivity contribution >= 4 is 24.8 Å². The van der Waals surface area contributed by atoms with Gasteiger partial charge in [0.15, 0.2) is 0 Å². The Bertz CT molecular complexity index is 772. The number of ether oxygens (including phenoxy) is 1. The van der Waals surface area contributed by atoms with E-state index in [1.165, 1.54) is 12.1 Å². The van der Waals surface area contributed by atoms with Gasteiger partial charge in [-0.1, -0.05) is 24.3 Å². The van der Waals surface area contributed by atoms with Crippen LogP contribution in [0, 0.1) is 13.8 Å². The maximum absolute atomic E-state index is 12.4. The van der Waals surface area contributed by atoms with Gasteiger partial charge in [-0.25, -0.2) is 0 Å². The van der Waals surface area contributed by atoms with Crippen molar-refractivity contribution in [1.29, 1.82) is 0 Å². The fourth-order valence-electron chi connectivity index (χ4n) is 3.55. The zero-order valence-electron chi connectivity index (χ0n) is 16.1. The molecule has 2 N–H and O–H groups in total. The fourth-order valence-corrected chi connectivity index (χ4v) is 3.55. The maximum Gasteiger partial charge on any atom is 0.573 e. The number of halogens is 5. The minimum Gasteiger partial charge on any atom is -0.507 e. The van der Waals surface area contributed by atoms with Gasteiger partial charge in [0.2, 0.25) is 0 Å². The number of nitrogens with one attached hydrogen (secondary N) is 1. The third-order valence-corrected chi connectivity index (χ3v) is 4.78. The molecule has 4 nitrogen and oxygen atoms in total. The molecule has 1 fully saturated rings. The number of hydrogen-bond donors (Lipinski definition) is 2. The predicted octanol–water partition coefficient (Wildman–Crippen LogP) is 4.75. The number of piperazine rings is 1. The van der Waals surface area contributed by atoms with Gasteiger partial charge >= 0.3 is 6.36 Å². The Kier molecular flexibility index (Phi) is 9.09. The summed E-state index contributed by atoms with van der Waals surface area (Å²) in [5.41, 5.74) is 3.45. The molecule has 2 aromatic carbocycles. The summed E-state index contributed by atoms with van der Waals surface area (Å²) in [6.07, 6.45) is -4.70. The van der Waals surface area contributed by atoms with Crippen LogP contribution in [0.25, 0.3) is 0 Å². The maximum atomic E-state index is 12.4. The van der Waals surface area contributed by atoms with E-state index in [0.29, 0.717) is 0 Å². The molecule has 1 atom stereocenters. The van der Waals surface area contributed by atoms with Gasteiger partial charge in [0.25, 0.3) is 0 Å². The van der Waals surface area contributed by atoms with Gasteiger partial charge in [0, 0.05) is 26.2 Å². The molecule has 0 radical (unpaired) electrons. The van der Waals surface area contributed by atoms with Gasteiger partial charge in [-0.15, -0.1) is 38.0 Å². The normalized spacial score (nSPS) is 15.8. The number of hydrogen-bond acceptors (Lipinski definition) is 4. The van der Waals surface area contributed by atoms with Crippen LogP contribution in [0.1, 0.15) is 28.3 Å². The Hall–Kier alpha value is -1.67. The number of nitrogens with zero attached hydrogens (tertiary/aromatic N) is 1. The molecule has 0 unspecified atom stereocenters. The molecular weight excluding hydrogens is 428 g/mol. The van der Waals surface area contributed by atoms with Gasteiger partial charge in [0.05, 0.1) is 6.04 Å². The van der Waals surface area contributed by atoms with E-state index in [9.17, 15) is 18.3 Å². The molecule has 3 rings (SSSR count). The molecule has 0 saturated carbocycles. The molecule has 29 heavy (non-hydrogen) atoms. The largest absolute Gasteiger partial charge is 0.573 e. The third-order valence-electron chi connectivity index (χ3n) is 4.78. The summed E-state index contributed by atoms with van der Waals surface area (Å²) in [5, 5.41) is 13.4. The first kappa shape index (κ1) is 25.4. The molecule has 2 aromatic rings. The zero-order chi connectivity index (χ0) is 19.6. The summed E-state index contributed by atoms with van der Waals surface area (Å²) in [4.78, 5) is 2.29. The SMILES string of the molecule is Cc1cc([C@H](c2ccc(OC(F)(F)F)cc2)N2CCNCC2)cc(C)c1O.Cl.Cl. The zero-order valence-corrected chi connectivity index (χ0v) is 17.8. The molecule has 162 valence electrons. The molecule has 1 heterocycles. The average molecular weight is 453 g/mol. The number of aromatic hydroxyl groups is 1. The first-order chi connectivity index (χ1) is 12.7. The van der Waals surface area contributed by atoms with Crippen molar-refractivity contribution in [2.45, 2.75) is 26.3 Å². The Morgan fingerprint density at radius 3 is 1.97 bits per heavy atom. The van der Waals surface area contributed by atoms with Crippen LogP contribution in [-0.2, 0) is 0 Å². The summed E-state index contributed by atoms with van der Waals surface area (Å²) in [6.45, 7) is 7.04. The summed E-state index contributed by atoms with van der Waals surface area (Å²) >= 11 is 0. The molecule has 1 saturated heterocycles. The lowest BCUT2D eigenvalue weighted by molar-refractivity contribution is -0.274. The Morgan fingerprint density at radius 2 is 1.48 bits per heavy atom. The van der Waals surface area contributed by atoms with E-state index in [4.69, 9.17) is 0 Å². The Balaban J connectivity index is 0.00000210. The fraction of sp³-hybridized carbons (Fsp3) is 0.400. The monoisotopic (exact) mass is 452 g/mol. The highest BCUT2D eigenvalue weighted by Crippen LogP contribution is 2.34. The third kappa shape index (κ3) is 6.40. The smallest absolute Gasteiger partial charge is 0.507 e. The second-order valence-electron chi connectivity index (χ2n) is 6.81. The van der Waals surface area contributed by atoms with Crippen LogP contribution in [0.15, 0.2) is 36.4 Å². The number of phenolic OH excluding ortho intramolecular Hbond substituents is 1. The Labute approximate surface area is 180 Å². The van der Waals surface area contributed by atoms with Crippen LogP contribution >= 0.6 is 24.8 Å². The van der Waals surface area contributed by atoms with Crippen molar-refractivity contribution in [1.82, 2.24) is 10.2 Å². The summed E-state index contributed by atoms with van der Waals surface area (Å²) in [5.74, 6) is 0.0371. The summed E-state index contributed by atoms with van der Waals surface area (Å²) in [7, 11) is 0. The van der Waals surface area contributed by atoms with Crippen LogP contribution in [0.4, 0.5) is 13.2 Å². The van der Waals surface area contributed by atoms with Gasteiger partial charge in [-0.05, 0) is 48.2 Å². The van der Waals surface area contributed by atoms with Crippen molar-refractivity contribution < 1.29 is 23.0 Å². The number of rotatable bonds is 4. The molecule has 0 bridgehead atoms. The van der Waals surface area contributed by atoms with E-state index in [-0.39, 0.29) is 42.4 Å². The first-order valence-corrected chi connectivity index (χ1v) is 8.85. The molecular formula is C20H25Cl2F3N2O2. The lowest BCUT2D eigenvalue weighted by Gasteiger charge is -2.36. The lowest BCUT2D eigenvalue weighted by Crippen LogP contribution is -2.45. The summed E-state index contributed by atoms with van der Waals surface area (Å²) in [6, 6.07) is 9.81. The van der Waals surface area contributed by atoms with Crippen LogP contribution in [0.3, 0.4) is 0 Å². The minimum atomic E-state index is -4.70. The molecule has 9 heteroatoms. The predicted molar refractivity (Wildman–Crippen MR) is 111 cm³/mol. The standard InChI is InChI=1S/C20H23F3N2O2.2ClH/c1-13-11-16(12-14(2)19(13)26)18(25-9-7-24-8-10-25)15-3-5-17(6-4-15)27-20(21,22)23;;/h3-6,11-12,18,24,26H,7-10H2,1-2H3;2*1H/t18-;;/m0../s1. The van der Waals surface area contributed by atoms with Crippen molar-refractivity contribution in [3.8, 4) is 11.5 Å². The molecule has 0 aliphatic carbocycles. The van der Waals surface area contributed by atoms with E-state index in [2.05, 4.69) is 15.0 Å². The summed E-state index contributed by atoms with van der Waals surface area (Å²) < 4.78 is 41.3. The molecule has 0 amide bonds. The quantitative estimate of drug-likeness (QED) is 0.702. The van der Waals surface area contributed by atoms with Crippen LogP contribution in [-0.4, -0.2) is 42.5 Å². The highest BCUT2D eigenvalue weighted by Gasteiger charge is 2.31. The lowest BCUT2D eigenvalue weighted by atomic mass is 9.93. The molecule has 0 aromatic heterocycles. The second kappa shape index (κ2) is 10.4.